The zero-order chi connectivity index (χ0) is 21.1. The highest BCUT2D eigenvalue weighted by Gasteiger charge is 2.30. The van der Waals surface area contributed by atoms with Gasteiger partial charge < -0.3 is 10.1 Å². The van der Waals surface area contributed by atoms with Crippen molar-refractivity contribution in [3.63, 3.8) is 0 Å². The summed E-state index contributed by atoms with van der Waals surface area (Å²) in [6.45, 7) is 13.5. The fraction of sp³-hybridized carbons (Fsp3) is 0.789. The predicted octanol–water partition coefficient (Wildman–Crippen LogP) is 1.25. The molecule has 2 unspecified atom stereocenters. The van der Waals surface area contributed by atoms with Gasteiger partial charge in [-0.2, -0.15) is 9.40 Å². The van der Waals surface area contributed by atoms with Gasteiger partial charge in [0, 0.05) is 37.4 Å². The molecule has 8 nitrogen and oxygen atoms in total. The molecule has 0 radical (unpaired) electrons. The summed E-state index contributed by atoms with van der Waals surface area (Å²) in [6, 6.07) is 0. The van der Waals surface area contributed by atoms with Gasteiger partial charge in [0.05, 0.1) is 30.1 Å². The van der Waals surface area contributed by atoms with E-state index < -0.39 is 10.0 Å². The van der Waals surface area contributed by atoms with Gasteiger partial charge in [-0.3, -0.25) is 9.48 Å². The van der Waals surface area contributed by atoms with Gasteiger partial charge >= 0.3 is 0 Å². The van der Waals surface area contributed by atoms with Crippen LogP contribution in [0.4, 0.5) is 0 Å². The first-order chi connectivity index (χ1) is 13.0. The molecular formula is C19H34N4O4S. The number of ether oxygens (including phenoxy) is 1. The summed E-state index contributed by atoms with van der Waals surface area (Å²) in [5.74, 6) is 0.174. The molecule has 0 aromatic carbocycles. The predicted molar refractivity (Wildman–Crippen MR) is 109 cm³/mol. The minimum Gasteiger partial charge on any atom is -0.373 e. The first-order valence-electron chi connectivity index (χ1n) is 9.92. The number of nitrogens with zero attached hydrogens (tertiary/aromatic N) is 3. The second kappa shape index (κ2) is 9.37. The molecule has 1 aliphatic rings. The number of carbonyl (C=O) groups is 1. The van der Waals surface area contributed by atoms with Crippen molar-refractivity contribution in [2.75, 3.05) is 25.4 Å². The van der Waals surface area contributed by atoms with Crippen LogP contribution in [0.2, 0.25) is 0 Å². The quantitative estimate of drug-likeness (QED) is 0.691. The third-order valence-corrected chi connectivity index (χ3v) is 6.67. The van der Waals surface area contributed by atoms with Crippen LogP contribution in [0.5, 0.6) is 0 Å². The molecule has 0 saturated carbocycles. The van der Waals surface area contributed by atoms with E-state index >= 15 is 0 Å². The van der Waals surface area contributed by atoms with Crippen LogP contribution >= 0.6 is 0 Å². The van der Waals surface area contributed by atoms with E-state index in [0.717, 1.165) is 23.5 Å². The van der Waals surface area contributed by atoms with Crippen molar-refractivity contribution in [1.82, 2.24) is 19.4 Å². The summed E-state index contributed by atoms with van der Waals surface area (Å²) in [6.07, 6.45) is -0.0376. The fourth-order valence-electron chi connectivity index (χ4n) is 3.54. The van der Waals surface area contributed by atoms with Gasteiger partial charge in [-0.15, -0.1) is 0 Å². The molecule has 28 heavy (non-hydrogen) atoms. The number of morpholine rings is 1. The lowest BCUT2D eigenvalue weighted by atomic mass is 10.1. The molecule has 9 heteroatoms. The van der Waals surface area contributed by atoms with Crippen LogP contribution < -0.4 is 5.32 Å². The molecule has 1 N–H and O–H groups in total. The third-order valence-electron chi connectivity index (χ3n) is 4.87. The molecule has 1 fully saturated rings. The van der Waals surface area contributed by atoms with Gasteiger partial charge in [0.15, 0.2) is 0 Å². The average molecular weight is 415 g/mol. The Labute approximate surface area is 168 Å². The Hall–Kier alpha value is -1.45. The number of nitrogens with one attached hydrogen (secondary N) is 1. The van der Waals surface area contributed by atoms with Crippen molar-refractivity contribution >= 4 is 15.9 Å². The zero-order valence-corrected chi connectivity index (χ0v) is 18.7. The van der Waals surface area contributed by atoms with E-state index in [2.05, 4.69) is 24.3 Å². The zero-order valence-electron chi connectivity index (χ0n) is 17.9. The number of aryl methyl sites for hydroxylation is 1. The maximum atomic E-state index is 12.5. The highest BCUT2D eigenvalue weighted by atomic mass is 32.2. The van der Waals surface area contributed by atoms with Gasteiger partial charge in [-0.25, -0.2) is 8.42 Å². The molecule has 0 bridgehead atoms. The molecule has 0 spiro atoms. The van der Waals surface area contributed by atoms with E-state index in [1.807, 2.05) is 32.4 Å². The van der Waals surface area contributed by atoms with E-state index in [9.17, 15) is 13.2 Å². The van der Waals surface area contributed by atoms with Gasteiger partial charge in [0.2, 0.25) is 15.9 Å². The number of aromatic nitrogens is 2. The molecule has 1 amide bonds. The Bertz CT molecular complexity index is 778. The Morgan fingerprint density at radius 3 is 2.43 bits per heavy atom. The van der Waals surface area contributed by atoms with Crippen molar-refractivity contribution in [2.45, 2.75) is 66.7 Å². The maximum absolute atomic E-state index is 12.5. The lowest BCUT2D eigenvalue weighted by Crippen LogP contribution is -2.49. The largest absolute Gasteiger partial charge is 0.373 e. The van der Waals surface area contributed by atoms with Crippen LogP contribution in [0.1, 0.15) is 44.6 Å². The molecule has 1 aromatic heterocycles. The monoisotopic (exact) mass is 414 g/mol. The minimum absolute atomic E-state index is 0.0967. The van der Waals surface area contributed by atoms with E-state index in [-0.39, 0.29) is 36.8 Å². The number of sulfonamides is 1. The van der Waals surface area contributed by atoms with Crippen molar-refractivity contribution in [3.05, 3.63) is 17.0 Å². The smallest absolute Gasteiger partial charge is 0.224 e. The topological polar surface area (TPSA) is 93.5 Å². The summed E-state index contributed by atoms with van der Waals surface area (Å²) in [4.78, 5) is 12.3. The second-order valence-corrected chi connectivity index (χ2v) is 10.2. The van der Waals surface area contributed by atoms with Crippen LogP contribution in [0.25, 0.3) is 0 Å². The molecule has 2 atom stereocenters. The molecule has 0 aliphatic carbocycles. The third kappa shape index (κ3) is 6.02. The molecule has 1 saturated heterocycles. The summed E-state index contributed by atoms with van der Waals surface area (Å²) in [5.41, 5.74) is 2.75. The van der Waals surface area contributed by atoms with Crippen LogP contribution in [0, 0.1) is 19.8 Å². The number of hydrogen-bond donors (Lipinski definition) is 1. The summed E-state index contributed by atoms with van der Waals surface area (Å²) in [5, 5.41) is 7.26. The van der Waals surface area contributed by atoms with E-state index in [1.54, 1.807) is 0 Å². The molecule has 1 aromatic rings. The van der Waals surface area contributed by atoms with E-state index in [1.165, 1.54) is 4.31 Å². The highest BCUT2D eigenvalue weighted by molar-refractivity contribution is 7.89. The van der Waals surface area contributed by atoms with Crippen molar-refractivity contribution in [3.8, 4) is 0 Å². The second-order valence-electron chi connectivity index (χ2n) is 8.14. The minimum atomic E-state index is -3.42. The van der Waals surface area contributed by atoms with Gasteiger partial charge in [0.25, 0.3) is 0 Å². The summed E-state index contributed by atoms with van der Waals surface area (Å²) < 4.78 is 34.1. The van der Waals surface area contributed by atoms with E-state index in [0.29, 0.717) is 19.0 Å². The number of rotatable bonds is 8. The standard InChI is InChI=1S/C19H34N4O4S/c1-13(2)10-23-17(6)18(16(5)21-23)9-19(24)20-7-8-28(25,26)22-11-14(3)27-15(4)12-22/h13-15H,7-12H2,1-6H3,(H,20,24). The fourth-order valence-corrected chi connectivity index (χ4v) is 5.04. The number of carbonyl (C=O) groups excluding carboxylic acids is 1. The van der Waals surface area contributed by atoms with Crippen LogP contribution in [-0.2, 0) is 32.5 Å². The number of amides is 1. The molecule has 2 heterocycles. The Kier molecular flexibility index (Phi) is 7.64. The SMILES string of the molecule is Cc1nn(CC(C)C)c(C)c1CC(=O)NCCS(=O)(=O)N1CC(C)OC(C)C1. The Morgan fingerprint density at radius 2 is 1.86 bits per heavy atom. The lowest BCUT2D eigenvalue weighted by Gasteiger charge is -2.34. The van der Waals surface area contributed by atoms with Crippen LogP contribution in [0.15, 0.2) is 0 Å². The molecule has 2 rings (SSSR count). The Morgan fingerprint density at radius 1 is 1.25 bits per heavy atom. The Balaban J connectivity index is 1.88. The lowest BCUT2D eigenvalue weighted by molar-refractivity contribution is -0.120. The summed E-state index contributed by atoms with van der Waals surface area (Å²) >= 11 is 0. The van der Waals surface area contributed by atoms with Gasteiger partial charge in [-0.1, -0.05) is 13.8 Å². The first-order valence-corrected chi connectivity index (χ1v) is 11.5. The van der Waals surface area contributed by atoms with Gasteiger partial charge in [-0.05, 0) is 33.6 Å². The molecule has 160 valence electrons. The molecule has 1 aliphatic heterocycles. The first kappa shape index (κ1) is 22.8. The summed E-state index contributed by atoms with van der Waals surface area (Å²) in [7, 11) is -3.42. The number of hydrogen-bond acceptors (Lipinski definition) is 5. The van der Waals surface area contributed by atoms with Crippen molar-refractivity contribution < 1.29 is 17.9 Å². The van der Waals surface area contributed by atoms with Crippen molar-refractivity contribution in [2.24, 2.45) is 5.92 Å². The van der Waals surface area contributed by atoms with Crippen LogP contribution in [0.3, 0.4) is 0 Å². The molecular weight excluding hydrogens is 380 g/mol. The van der Waals surface area contributed by atoms with Crippen molar-refractivity contribution in [1.29, 1.82) is 0 Å². The highest BCUT2D eigenvalue weighted by Crippen LogP contribution is 2.16. The van der Waals surface area contributed by atoms with E-state index in [4.69, 9.17) is 4.74 Å². The average Bonchev–Trinajstić information content (AvgIpc) is 2.80. The normalized spacial score (nSPS) is 21.2. The van der Waals surface area contributed by atoms with Crippen LogP contribution in [-0.4, -0.2) is 66.0 Å². The maximum Gasteiger partial charge on any atom is 0.224 e. The van der Waals surface area contributed by atoms with Gasteiger partial charge in [0.1, 0.15) is 0 Å².